The molecule has 0 saturated heterocycles. The summed E-state index contributed by atoms with van der Waals surface area (Å²) in [7, 11) is 4.17. The number of aryl methyl sites for hydroxylation is 1. The topological polar surface area (TPSA) is 87.2 Å². The molecule has 8 heteroatoms. The fraction of sp³-hybridized carbons (Fsp3) is 0.594. The summed E-state index contributed by atoms with van der Waals surface area (Å²) in [4.78, 5) is 3.45. The van der Waals surface area contributed by atoms with Crippen molar-refractivity contribution in [1.29, 1.82) is 0 Å². The van der Waals surface area contributed by atoms with Crippen molar-refractivity contribution in [2.24, 2.45) is 5.41 Å². The molecule has 2 atom stereocenters. The molecule has 1 aliphatic heterocycles. The molecule has 1 aromatic heterocycles. The number of aliphatic hydroxyl groups is 1. The zero-order valence-electron chi connectivity index (χ0n) is 24.7. The van der Waals surface area contributed by atoms with Crippen LogP contribution in [0.3, 0.4) is 0 Å². The van der Waals surface area contributed by atoms with E-state index in [9.17, 15) is 5.11 Å². The first-order valence-electron chi connectivity index (χ1n) is 15.0. The van der Waals surface area contributed by atoms with Crippen molar-refractivity contribution in [1.82, 2.24) is 20.6 Å². The van der Waals surface area contributed by atoms with Crippen LogP contribution < -0.4 is 9.64 Å². The molecule has 1 aliphatic rings. The summed E-state index contributed by atoms with van der Waals surface area (Å²) < 4.78 is 6.08. The van der Waals surface area contributed by atoms with Crippen LogP contribution in [0.1, 0.15) is 94.5 Å². The van der Waals surface area contributed by atoms with Crippen LogP contribution in [0, 0.1) is 5.41 Å². The van der Waals surface area contributed by atoms with Gasteiger partial charge in [0.2, 0.25) is 0 Å². The van der Waals surface area contributed by atoms with E-state index in [4.69, 9.17) is 4.74 Å². The highest BCUT2D eigenvalue weighted by molar-refractivity contribution is 7.99. The van der Waals surface area contributed by atoms with Crippen LogP contribution in [0.15, 0.2) is 47.4 Å². The van der Waals surface area contributed by atoms with Crippen LogP contribution >= 0.6 is 11.8 Å². The zero-order valence-corrected chi connectivity index (χ0v) is 25.6. The van der Waals surface area contributed by atoms with Crippen molar-refractivity contribution in [2.45, 2.75) is 95.0 Å². The van der Waals surface area contributed by atoms with E-state index < -0.39 is 6.10 Å². The number of hydrogen-bond acceptors (Lipinski definition) is 7. The van der Waals surface area contributed by atoms with Gasteiger partial charge in [-0.25, -0.2) is 0 Å². The number of nitrogens with one attached hydrogen (secondary N) is 1. The molecular formula is C32H47N5O2S. The van der Waals surface area contributed by atoms with E-state index >= 15 is 0 Å². The Hall–Kier alpha value is -2.58. The molecule has 0 radical (unpaired) electrons. The van der Waals surface area contributed by atoms with E-state index in [0.29, 0.717) is 6.61 Å². The summed E-state index contributed by atoms with van der Waals surface area (Å²) in [6.45, 7) is 5.19. The Bertz CT molecular complexity index is 1140. The number of nitrogens with zero attached hydrogens (tertiary/aromatic N) is 4. The van der Waals surface area contributed by atoms with Gasteiger partial charge in [0.25, 0.3) is 0 Å². The Labute approximate surface area is 244 Å². The van der Waals surface area contributed by atoms with Gasteiger partial charge in [-0.05, 0) is 73.6 Å². The standard InChI is InChI=1S/C32H47N5O2S/c1-5-7-19-32(20-8-6-2)23-40-28-18-15-25(37(3)4)22-27(28)30(31(32)38)24-13-16-26(17-14-24)39-21-11-9-10-12-29-33-35-36-34-29/h13-18,22,30-31,38H,5-12,19-21,23H2,1-4H3,(H,33,34,35,36)/t30-,31-/m1/s1. The maximum Gasteiger partial charge on any atom is 0.174 e. The number of fused-ring (bicyclic) bond motifs is 1. The number of unbranched alkanes of at least 4 members (excludes halogenated alkanes) is 4. The van der Waals surface area contributed by atoms with Crippen LogP contribution in [0.5, 0.6) is 5.75 Å². The highest BCUT2D eigenvalue weighted by Gasteiger charge is 2.45. The highest BCUT2D eigenvalue weighted by atomic mass is 32.2. The molecule has 0 saturated carbocycles. The maximum absolute atomic E-state index is 12.3. The van der Waals surface area contributed by atoms with Crippen molar-refractivity contribution < 1.29 is 9.84 Å². The van der Waals surface area contributed by atoms with E-state index in [1.807, 2.05) is 11.8 Å². The van der Waals surface area contributed by atoms with Crippen LogP contribution in [0.2, 0.25) is 0 Å². The summed E-state index contributed by atoms with van der Waals surface area (Å²) in [5, 5.41) is 26.4. The highest BCUT2D eigenvalue weighted by Crippen LogP contribution is 2.52. The lowest BCUT2D eigenvalue weighted by molar-refractivity contribution is 0.0135. The first-order valence-corrected chi connectivity index (χ1v) is 16.0. The maximum atomic E-state index is 12.3. The number of thioether (sulfide) groups is 1. The molecule has 0 unspecified atom stereocenters. The number of benzene rings is 2. The number of rotatable bonds is 15. The van der Waals surface area contributed by atoms with Crippen molar-refractivity contribution in [3.63, 3.8) is 0 Å². The minimum atomic E-state index is -0.442. The summed E-state index contributed by atoms with van der Waals surface area (Å²) in [5.41, 5.74) is 3.48. The molecule has 2 aromatic carbocycles. The van der Waals surface area contributed by atoms with E-state index in [0.717, 1.165) is 87.1 Å². The van der Waals surface area contributed by atoms with Gasteiger partial charge in [0.05, 0.1) is 12.7 Å². The molecular weight excluding hydrogens is 518 g/mol. The molecule has 2 heterocycles. The zero-order chi connectivity index (χ0) is 28.4. The fourth-order valence-corrected chi connectivity index (χ4v) is 7.23. The molecule has 0 fully saturated rings. The van der Waals surface area contributed by atoms with Crippen molar-refractivity contribution in [3.8, 4) is 5.75 Å². The Morgan fingerprint density at radius 1 is 1.00 bits per heavy atom. The van der Waals surface area contributed by atoms with Gasteiger partial charge in [-0.1, -0.05) is 56.9 Å². The molecule has 0 amide bonds. The first-order chi connectivity index (χ1) is 19.5. The molecule has 0 spiro atoms. The fourth-order valence-electron chi connectivity index (χ4n) is 5.82. The monoisotopic (exact) mass is 565 g/mol. The first kappa shape index (κ1) is 30.4. The normalized spacial score (nSPS) is 18.2. The van der Waals surface area contributed by atoms with Gasteiger partial charge in [0, 0.05) is 48.2 Å². The number of hydrogen-bond donors (Lipinski definition) is 2. The molecule has 7 nitrogen and oxygen atoms in total. The number of anilines is 1. The van der Waals surface area contributed by atoms with Gasteiger partial charge < -0.3 is 14.7 Å². The Kier molecular flexibility index (Phi) is 11.3. The second-order valence-electron chi connectivity index (χ2n) is 11.5. The Balaban J connectivity index is 1.52. The molecule has 0 bridgehead atoms. The lowest BCUT2D eigenvalue weighted by Gasteiger charge is -2.40. The number of aliphatic hydroxyl groups excluding tert-OH is 1. The number of tetrazole rings is 1. The summed E-state index contributed by atoms with van der Waals surface area (Å²) in [6.07, 6.45) is 10.2. The van der Waals surface area contributed by atoms with Crippen molar-refractivity contribution in [3.05, 3.63) is 59.4 Å². The third-order valence-electron chi connectivity index (χ3n) is 8.30. The smallest absolute Gasteiger partial charge is 0.174 e. The average Bonchev–Trinajstić information content (AvgIpc) is 3.45. The van der Waals surface area contributed by atoms with Gasteiger partial charge in [-0.3, -0.25) is 0 Å². The van der Waals surface area contributed by atoms with E-state index in [1.165, 1.54) is 16.1 Å². The Morgan fingerprint density at radius 3 is 2.40 bits per heavy atom. The second-order valence-corrected chi connectivity index (χ2v) is 12.5. The predicted molar refractivity (Wildman–Crippen MR) is 164 cm³/mol. The van der Waals surface area contributed by atoms with Crippen LogP contribution in [-0.4, -0.2) is 58.3 Å². The van der Waals surface area contributed by atoms with Gasteiger partial charge in [-0.2, -0.15) is 5.21 Å². The van der Waals surface area contributed by atoms with Crippen LogP contribution in [0.4, 0.5) is 5.69 Å². The number of H-pyrrole nitrogens is 1. The van der Waals surface area contributed by atoms with Gasteiger partial charge in [0.1, 0.15) is 5.75 Å². The van der Waals surface area contributed by atoms with Gasteiger partial charge in [-0.15, -0.1) is 22.0 Å². The second kappa shape index (κ2) is 14.9. The molecule has 0 aliphatic carbocycles. The minimum Gasteiger partial charge on any atom is -0.494 e. The number of aromatic amines is 1. The predicted octanol–water partition coefficient (Wildman–Crippen LogP) is 7.02. The molecule has 4 rings (SSSR count). The molecule has 218 valence electrons. The van der Waals surface area contributed by atoms with E-state index in [2.05, 4.69) is 95.9 Å². The molecule has 40 heavy (non-hydrogen) atoms. The lowest BCUT2D eigenvalue weighted by Crippen LogP contribution is -2.41. The number of ether oxygens (including phenoxy) is 1. The number of aromatic nitrogens is 4. The summed E-state index contributed by atoms with van der Waals surface area (Å²) >= 11 is 1.94. The summed E-state index contributed by atoms with van der Waals surface area (Å²) in [6, 6.07) is 15.3. The molecule has 2 N–H and O–H groups in total. The van der Waals surface area contributed by atoms with Crippen molar-refractivity contribution >= 4 is 17.4 Å². The van der Waals surface area contributed by atoms with E-state index in [1.54, 1.807) is 0 Å². The largest absolute Gasteiger partial charge is 0.494 e. The van der Waals surface area contributed by atoms with Crippen molar-refractivity contribution in [2.75, 3.05) is 31.4 Å². The van der Waals surface area contributed by atoms with Crippen LogP contribution in [0.25, 0.3) is 0 Å². The third-order valence-corrected chi connectivity index (χ3v) is 9.70. The van der Waals surface area contributed by atoms with Crippen LogP contribution in [-0.2, 0) is 6.42 Å². The Morgan fingerprint density at radius 2 is 1.75 bits per heavy atom. The quantitative estimate of drug-likeness (QED) is 0.191. The van der Waals surface area contributed by atoms with Gasteiger partial charge in [0.15, 0.2) is 5.82 Å². The van der Waals surface area contributed by atoms with E-state index in [-0.39, 0.29) is 11.3 Å². The minimum absolute atomic E-state index is 0.0715. The summed E-state index contributed by atoms with van der Waals surface area (Å²) in [5.74, 6) is 2.54. The van der Waals surface area contributed by atoms with Gasteiger partial charge >= 0.3 is 0 Å². The third kappa shape index (κ3) is 7.58. The molecule has 3 aromatic rings. The average molecular weight is 566 g/mol. The lowest BCUT2D eigenvalue weighted by atomic mass is 9.68. The SMILES string of the molecule is CCCCC1(CCCC)CSc2ccc(N(C)C)cc2[C@@H](c2ccc(OCCCCCc3nn[nH]n3)cc2)[C@H]1O.